The van der Waals surface area contributed by atoms with Crippen molar-refractivity contribution in [2.75, 3.05) is 18.9 Å². The third kappa shape index (κ3) is 2.04. The highest BCUT2D eigenvalue weighted by molar-refractivity contribution is 5.91. The number of ether oxygens (including phenoxy) is 1. The van der Waals surface area contributed by atoms with Crippen LogP contribution in [0.15, 0.2) is 24.3 Å². The number of amides is 1. The molecule has 4 heteroatoms. The number of carbonyl (C=O) groups excluding carboxylic acids is 1. The fraction of sp³-hybridized carbons (Fsp3) is 0.588. The summed E-state index contributed by atoms with van der Waals surface area (Å²) in [5, 5.41) is 0. The molecular weight excluding hydrogens is 264 g/mol. The van der Waals surface area contributed by atoms with E-state index in [1.807, 2.05) is 24.3 Å². The number of benzene rings is 1. The quantitative estimate of drug-likeness (QED) is 0.847. The monoisotopic (exact) mass is 286 g/mol. The lowest BCUT2D eigenvalue weighted by atomic mass is 9.92. The highest BCUT2D eigenvalue weighted by atomic mass is 16.5. The van der Waals surface area contributed by atoms with Crippen molar-refractivity contribution in [2.45, 2.75) is 49.7 Å². The number of rotatable bonds is 2. The molecule has 1 aromatic rings. The first-order valence-electron chi connectivity index (χ1n) is 7.99. The normalized spacial score (nSPS) is 30.0. The molecule has 2 aliphatic carbocycles. The Morgan fingerprint density at radius 2 is 2.00 bits per heavy atom. The average Bonchev–Trinajstić information content (AvgIpc) is 3.17. The topological polar surface area (TPSA) is 55.6 Å². The standard InChI is InChI=1S/C17H22N2O2/c18-13-6-4-12(5-7-13)17(8-9-17)16(20)19-10-11-21-15-3-1-2-14(15)19/h4-7,14-15H,1-3,8-11,18H2. The van der Waals surface area contributed by atoms with Gasteiger partial charge < -0.3 is 15.4 Å². The van der Waals surface area contributed by atoms with Crippen LogP contribution in [-0.2, 0) is 14.9 Å². The van der Waals surface area contributed by atoms with Gasteiger partial charge in [0, 0.05) is 12.2 Å². The van der Waals surface area contributed by atoms with Gasteiger partial charge in [-0.25, -0.2) is 0 Å². The second-order valence-electron chi connectivity index (χ2n) is 6.61. The number of hydrogen-bond acceptors (Lipinski definition) is 3. The number of nitrogens with zero attached hydrogens (tertiary/aromatic N) is 1. The van der Waals surface area contributed by atoms with E-state index in [9.17, 15) is 4.79 Å². The van der Waals surface area contributed by atoms with E-state index in [0.29, 0.717) is 18.6 Å². The van der Waals surface area contributed by atoms with E-state index in [2.05, 4.69) is 4.90 Å². The second kappa shape index (κ2) is 4.73. The summed E-state index contributed by atoms with van der Waals surface area (Å²) in [6.45, 7) is 1.43. The van der Waals surface area contributed by atoms with Gasteiger partial charge in [0.25, 0.3) is 0 Å². The van der Waals surface area contributed by atoms with Crippen LogP contribution in [0.5, 0.6) is 0 Å². The number of hydrogen-bond donors (Lipinski definition) is 1. The van der Waals surface area contributed by atoms with Gasteiger partial charge in [-0.05, 0) is 49.8 Å². The first kappa shape index (κ1) is 13.1. The molecule has 2 saturated carbocycles. The summed E-state index contributed by atoms with van der Waals surface area (Å²) in [5.74, 6) is 0.312. The first-order chi connectivity index (χ1) is 10.2. The van der Waals surface area contributed by atoms with Crippen molar-refractivity contribution >= 4 is 11.6 Å². The highest BCUT2D eigenvalue weighted by Gasteiger charge is 2.55. The minimum Gasteiger partial charge on any atom is -0.399 e. The molecule has 112 valence electrons. The van der Waals surface area contributed by atoms with Crippen molar-refractivity contribution in [3.63, 3.8) is 0 Å². The second-order valence-corrected chi connectivity index (χ2v) is 6.61. The van der Waals surface area contributed by atoms with Crippen LogP contribution in [0.2, 0.25) is 0 Å². The summed E-state index contributed by atoms with van der Waals surface area (Å²) < 4.78 is 5.83. The summed E-state index contributed by atoms with van der Waals surface area (Å²) in [5.41, 5.74) is 7.37. The van der Waals surface area contributed by atoms with Gasteiger partial charge in [-0.15, -0.1) is 0 Å². The van der Waals surface area contributed by atoms with Crippen molar-refractivity contribution in [3.8, 4) is 0 Å². The van der Waals surface area contributed by atoms with Crippen molar-refractivity contribution in [2.24, 2.45) is 0 Å². The summed E-state index contributed by atoms with van der Waals surface area (Å²) >= 11 is 0. The van der Waals surface area contributed by atoms with E-state index < -0.39 is 0 Å². The molecule has 2 atom stereocenters. The predicted octanol–water partition coefficient (Wildman–Crippen LogP) is 2.08. The van der Waals surface area contributed by atoms with E-state index in [1.165, 1.54) is 6.42 Å². The molecule has 1 saturated heterocycles. The van der Waals surface area contributed by atoms with Crippen LogP contribution in [0.3, 0.4) is 0 Å². The molecule has 0 aromatic heterocycles. The maximum absolute atomic E-state index is 13.1. The summed E-state index contributed by atoms with van der Waals surface area (Å²) in [6.07, 6.45) is 5.56. The molecule has 2 unspecified atom stereocenters. The lowest BCUT2D eigenvalue weighted by Gasteiger charge is -2.39. The highest BCUT2D eigenvalue weighted by Crippen LogP contribution is 2.50. The largest absolute Gasteiger partial charge is 0.399 e. The zero-order valence-electron chi connectivity index (χ0n) is 12.3. The van der Waals surface area contributed by atoms with Crippen molar-refractivity contribution in [1.29, 1.82) is 0 Å². The van der Waals surface area contributed by atoms with Gasteiger partial charge in [0.05, 0.1) is 24.2 Å². The van der Waals surface area contributed by atoms with Gasteiger partial charge in [-0.2, -0.15) is 0 Å². The van der Waals surface area contributed by atoms with E-state index in [4.69, 9.17) is 10.5 Å². The maximum atomic E-state index is 13.1. The lowest BCUT2D eigenvalue weighted by Crippen LogP contribution is -2.54. The molecule has 0 bridgehead atoms. The summed E-state index contributed by atoms with van der Waals surface area (Å²) in [4.78, 5) is 15.3. The van der Waals surface area contributed by atoms with Crippen LogP contribution in [0.25, 0.3) is 0 Å². The van der Waals surface area contributed by atoms with Crippen LogP contribution < -0.4 is 5.73 Å². The van der Waals surface area contributed by atoms with Gasteiger partial charge in [-0.1, -0.05) is 12.1 Å². The fourth-order valence-electron chi connectivity index (χ4n) is 4.01. The molecular formula is C17H22N2O2. The SMILES string of the molecule is Nc1ccc(C2(C(=O)N3CCOC4CCCC43)CC2)cc1. The zero-order valence-corrected chi connectivity index (χ0v) is 12.3. The van der Waals surface area contributed by atoms with Crippen molar-refractivity contribution in [3.05, 3.63) is 29.8 Å². The van der Waals surface area contributed by atoms with Gasteiger partial charge >= 0.3 is 0 Å². The Hall–Kier alpha value is -1.55. The zero-order chi connectivity index (χ0) is 14.4. The number of nitrogen functional groups attached to an aromatic ring is 1. The number of carbonyl (C=O) groups is 1. The molecule has 4 nitrogen and oxygen atoms in total. The third-order valence-corrected chi connectivity index (χ3v) is 5.37. The molecule has 0 radical (unpaired) electrons. The van der Waals surface area contributed by atoms with E-state index in [-0.39, 0.29) is 11.5 Å². The molecule has 2 N–H and O–H groups in total. The smallest absolute Gasteiger partial charge is 0.233 e. The molecule has 3 aliphatic rings. The Kier molecular flexibility index (Phi) is 2.96. The minimum absolute atomic E-state index is 0.268. The lowest BCUT2D eigenvalue weighted by molar-refractivity contribution is -0.146. The van der Waals surface area contributed by atoms with Crippen molar-refractivity contribution in [1.82, 2.24) is 4.90 Å². The molecule has 1 amide bonds. The Bertz CT molecular complexity index is 550. The predicted molar refractivity (Wildman–Crippen MR) is 80.9 cm³/mol. The first-order valence-corrected chi connectivity index (χ1v) is 7.99. The summed E-state index contributed by atoms with van der Waals surface area (Å²) in [7, 11) is 0. The molecule has 3 fully saturated rings. The average molecular weight is 286 g/mol. The maximum Gasteiger partial charge on any atom is 0.233 e. The molecule has 0 spiro atoms. The van der Waals surface area contributed by atoms with Crippen LogP contribution in [0.1, 0.15) is 37.7 Å². The van der Waals surface area contributed by atoms with E-state index in [1.54, 1.807) is 0 Å². The Morgan fingerprint density at radius 3 is 2.71 bits per heavy atom. The van der Waals surface area contributed by atoms with Gasteiger partial charge in [0.1, 0.15) is 0 Å². The molecule has 4 rings (SSSR count). The van der Waals surface area contributed by atoms with Crippen molar-refractivity contribution < 1.29 is 9.53 Å². The number of anilines is 1. The van der Waals surface area contributed by atoms with Crippen LogP contribution in [0.4, 0.5) is 5.69 Å². The third-order valence-electron chi connectivity index (χ3n) is 5.37. The summed E-state index contributed by atoms with van der Waals surface area (Å²) in [6, 6.07) is 8.15. The number of fused-ring (bicyclic) bond motifs is 1. The molecule has 1 aliphatic heterocycles. The van der Waals surface area contributed by atoms with E-state index in [0.717, 1.165) is 43.5 Å². The van der Waals surface area contributed by atoms with E-state index >= 15 is 0 Å². The fourth-order valence-corrected chi connectivity index (χ4v) is 4.01. The van der Waals surface area contributed by atoms with Crippen LogP contribution in [0, 0.1) is 0 Å². The van der Waals surface area contributed by atoms with Gasteiger partial charge in [0.2, 0.25) is 5.91 Å². The number of nitrogens with two attached hydrogens (primary N) is 1. The molecule has 1 aromatic carbocycles. The number of morpholine rings is 1. The van der Waals surface area contributed by atoms with Crippen LogP contribution >= 0.6 is 0 Å². The van der Waals surface area contributed by atoms with Crippen LogP contribution in [-0.4, -0.2) is 36.1 Å². The van der Waals surface area contributed by atoms with Gasteiger partial charge in [-0.3, -0.25) is 4.79 Å². The molecule has 1 heterocycles. The Balaban J connectivity index is 1.60. The van der Waals surface area contributed by atoms with Gasteiger partial charge in [0.15, 0.2) is 0 Å². The Morgan fingerprint density at radius 1 is 1.24 bits per heavy atom. The Labute approximate surface area is 125 Å². The molecule has 21 heavy (non-hydrogen) atoms. The minimum atomic E-state index is -0.280.